The molecule has 0 aliphatic heterocycles. The first kappa shape index (κ1) is 19.3. The number of amides is 1. The number of nitrogens with zero attached hydrogens (tertiary/aromatic N) is 3. The van der Waals surface area contributed by atoms with E-state index in [4.69, 9.17) is 4.74 Å². The fraction of sp³-hybridized carbons (Fsp3) is 0.476. The van der Waals surface area contributed by atoms with Crippen LogP contribution in [0.5, 0.6) is 5.75 Å². The standard InChI is InChI=1S/C21H28N4O2/c1-16-20(6-4-12-23-16)27-19-9-7-18(8-10-19)24-21(26)15-25(2)14-17-5-3-11-22-13-17/h3-6,11-13,18-19H,7-10,14-15H2,1-2H3,(H,24,26). The van der Waals surface area contributed by atoms with Gasteiger partial charge in [0.25, 0.3) is 0 Å². The van der Waals surface area contributed by atoms with Crippen molar-refractivity contribution in [2.75, 3.05) is 13.6 Å². The topological polar surface area (TPSA) is 67.3 Å². The molecule has 0 bridgehead atoms. The number of hydrogen-bond donors (Lipinski definition) is 1. The Labute approximate surface area is 161 Å². The fourth-order valence-corrected chi connectivity index (χ4v) is 3.48. The summed E-state index contributed by atoms with van der Waals surface area (Å²) in [5.41, 5.74) is 2.03. The Morgan fingerprint density at radius 3 is 2.70 bits per heavy atom. The number of pyridine rings is 2. The molecule has 1 fully saturated rings. The molecule has 0 saturated heterocycles. The van der Waals surface area contributed by atoms with Gasteiger partial charge in [0.05, 0.1) is 18.3 Å². The van der Waals surface area contributed by atoms with E-state index in [0.29, 0.717) is 13.1 Å². The van der Waals surface area contributed by atoms with Gasteiger partial charge in [-0.05, 0) is 63.4 Å². The lowest BCUT2D eigenvalue weighted by atomic mass is 9.93. The number of aryl methyl sites for hydroxylation is 1. The Kier molecular flexibility index (Phi) is 6.76. The Balaban J connectivity index is 1.38. The van der Waals surface area contributed by atoms with Gasteiger partial charge in [0.15, 0.2) is 0 Å². The first-order valence-electron chi connectivity index (χ1n) is 9.55. The van der Waals surface area contributed by atoms with Crippen LogP contribution in [-0.4, -0.2) is 46.5 Å². The second-order valence-electron chi connectivity index (χ2n) is 7.28. The zero-order valence-electron chi connectivity index (χ0n) is 16.1. The molecule has 0 atom stereocenters. The highest BCUT2D eigenvalue weighted by Gasteiger charge is 2.24. The molecule has 1 N–H and O–H groups in total. The number of aromatic nitrogens is 2. The largest absolute Gasteiger partial charge is 0.489 e. The zero-order chi connectivity index (χ0) is 19.1. The van der Waals surface area contributed by atoms with Crippen molar-refractivity contribution in [2.24, 2.45) is 0 Å². The smallest absolute Gasteiger partial charge is 0.234 e. The van der Waals surface area contributed by atoms with Crippen LogP contribution in [0, 0.1) is 6.92 Å². The zero-order valence-corrected chi connectivity index (χ0v) is 16.1. The van der Waals surface area contributed by atoms with Gasteiger partial charge in [-0.25, -0.2) is 0 Å². The molecule has 2 aromatic heterocycles. The number of likely N-dealkylation sites (N-methyl/N-ethyl adjacent to an activating group) is 1. The van der Waals surface area contributed by atoms with E-state index in [2.05, 4.69) is 15.3 Å². The molecule has 1 amide bonds. The van der Waals surface area contributed by atoms with Crippen LogP contribution in [0.25, 0.3) is 0 Å². The van der Waals surface area contributed by atoms with Gasteiger partial charge in [0, 0.05) is 31.2 Å². The summed E-state index contributed by atoms with van der Waals surface area (Å²) in [5.74, 6) is 0.941. The lowest BCUT2D eigenvalue weighted by Gasteiger charge is -2.30. The van der Waals surface area contributed by atoms with Crippen LogP contribution in [0.15, 0.2) is 42.9 Å². The highest BCUT2D eigenvalue weighted by Crippen LogP contribution is 2.25. The van der Waals surface area contributed by atoms with Crippen molar-refractivity contribution in [3.8, 4) is 5.75 Å². The SMILES string of the molecule is Cc1ncccc1OC1CCC(NC(=O)CN(C)Cc2cccnc2)CC1. The maximum absolute atomic E-state index is 12.3. The second-order valence-corrected chi connectivity index (χ2v) is 7.28. The summed E-state index contributed by atoms with van der Waals surface area (Å²) in [5, 5.41) is 3.17. The number of ether oxygens (including phenoxy) is 1. The number of nitrogens with one attached hydrogen (secondary N) is 1. The van der Waals surface area contributed by atoms with Crippen LogP contribution < -0.4 is 10.1 Å². The summed E-state index contributed by atoms with van der Waals surface area (Å²) < 4.78 is 6.08. The Morgan fingerprint density at radius 2 is 2.00 bits per heavy atom. The van der Waals surface area contributed by atoms with Crippen LogP contribution in [-0.2, 0) is 11.3 Å². The summed E-state index contributed by atoms with van der Waals surface area (Å²) in [6, 6.07) is 8.03. The van der Waals surface area contributed by atoms with E-state index < -0.39 is 0 Å². The Bertz CT molecular complexity index is 730. The summed E-state index contributed by atoms with van der Waals surface area (Å²) >= 11 is 0. The molecular formula is C21H28N4O2. The molecule has 144 valence electrons. The average molecular weight is 368 g/mol. The van der Waals surface area contributed by atoms with E-state index in [-0.39, 0.29) is 18.1 Å². The summed E-state index contributed by atoms with van der Waals surface area (Å²) in [4.78, 5) is 22.7. The minimum absolute atomic E-state index is 0.0777. The number of carbonyl (C=O) groups is 1. The van der Waals surface area contributed by atoms with Crippen molar-refractivity contribution < 1.29 is 9.53 Å². The molecule has 3 rings (SSSR count). The number of hydrogen-bond acceptors (Lipinski definition) is 5. The van der Waals surface area contributed by atoms with E-state index in [1.165, 1.54) is 0 Å². The summed E-state index contributed by atoms with van der Waals surface area (Å²) in [6.07, 6.45) is 9.36. The van der Waals surface area contributed by atoms with Gasteiger partial charge in [-0.2, -0.15) is 0 Å². The third-order valence-electron chi connectivity index (χ3n) is 4.88. The highest BCUT2D eigenvalue weighted by atomic mass is 16.5. The van der Waals surface area contributed by atoms with Gasteiger partial charge >= 0.3 is 0 Å². The van der Waals surface area contributed by atoms with Crippen LogP contribution >= 0.6 is 0 Å². The molecule has 0 radical (unpaired) electrons. The molecule has 2 heterocycles. The first-order valence-corrected chi connectivity index (χ1v) is 9.55. The van der Waals surface area contributed by atoms with Crippen LogP contribution in [0.1, 0.15) is 36.9 Å². The van der Waals surface area contributed by atoms with Crippen molar-refractivity contribution in [1.29, 1.82) is 0 Å². The van der Waals surface area contributed by atoms with Gasteiger partial charge in [0.1, 0.15) is 5.75 Å². The van der Waals surface area contributed by atoms with Crippen LogP contribution in [0.4, 0.5) is 0 Å². The molecule has 6 nitrogen and oxygen atoms in total. The first-order chi connectivity index (χ1) is 13.1. The normalized spacial score (nSPS) is 19.7. The van der Waals surface area contributed by atoms with Gasteiger partial charge in [-0.1, -0.05) is 6.07 Å². The van der Waals surface area contributed by atoms with Gasteiger partial charge < -0.3 is 10.1 Å². The lowest BCUT2D eigenvalue weighted by molar-refractivity contribution is -0.123. The van der Waals surface area contributed by atoms with Crippen molar-refractivity contribution in [2.45, 2.75) is 51.3 Å². The van der Waals surface area contributed by atoms with E-state index in [1.54, 1.807) is 12.4 Å². The van der Waals surface area contributed by atoms with Gasteiger partial charge in [0.2, 0.25) is 5.91 Å². The van der Waals surface area contributed by atoms with Crippen molar-refractivity contribution >= 4 is 5.91 Å². The quantitative estimate of drug-likeness (QED) is 0.814. The number of carbonyl (C=O) groups excluding carboxylic acids is 1. The molecule has 0 spiro atoms. The maximum Gasteiger partial charge on any atom is 0.234 e. The monoisotopic (exact) mass is 368 g/mol. The van der Waals surface area contributed by atoms with E-state index in [0.717, 1.165) is 42.7 Å². The van der Waals surface area contributed by atoms with Crippen molar-refractivity contribution in [3.63, 3.8) is 0 Å². The van der Waals surface area contributed by atoms with Crippen LogP contribution in [0.2, 0.25) is 0 Å². The predicted octanol–water partition coefficient (Wildman–Crippen LogP) is 2.72. The Morgan fingerprint density at radius 1 is 1.22 bits per heavy atom. The minimum atomic E-state index is 0.0777. The van der Waals surface area contributed by atoms with Crippen LogP contribution in [0.3, 0.4) is 0 Å². The third kappa shape index (κ3) is 6.03. The van der Waals surface area contributed by atoms with E-state index in [9.17, 15) is 4.79 Å². The lowest BCUT2D eigenvalue weighted by Crippen LogP contribution is -2.43. The molecule has 1 aliphatic rings. The summed E-state index contributed by atoms with van der Waals surface area (Å²) in [7, 11) is 1.95. The maximum atomic E-state index is 12.3. The molecule has 6 heteroatoms. The fourth-order valence-electron chi connectivity index (χ4n) is 3.48. The molecule has 1 aliphatic carbocycles. The van der Waals surface area contributed by atoms with E-state index >= 15 is 0 Å². The molecule has 0 unspecified atom stereocenters. The van der Waals surface area contributed by atoms with E-state index in [1.807, 2.05) is 49.3 Å². The average Bonchev–Trinajstić information content (AvgIpc) is 2.66. The second kappa shape index (κ2) is 9.46. The molecule has 2 aromatic rings. The Hall–Kier alpha value is -2.47. The minimum Gasteiger partial charge on any atom is -0.489 e. The van der Waals surface area contributed by atoms with Gasteiger partial charge in [-0.3, -0.25) is 19.7 Å². The summed E-state index contributed by atoms with van der Waals surface area (Å²) in [6.45, 7) is 3.07. The molecule has 0 aromatic carbocycles. The predicted molar refractivity (Wildman–Crippen MR) is 104 cm³/mol. The highest BCUT2D eigenvalue weighted by molar-refractivity contribution is 5.78. The molecule has 1 saturated carbocycles. The van der Waals surface area contributed by atoms with Crippen molar-refractivity contribution in [3.05, 3.63) is 54.1 Å². The molecular weight excluding hydrogens is 340 g/mol. The molecule has 27 heavy (non-hydrogen) atoms. The third-order valence-corrected chi connectivity index (χ3v) is 4.88. The van der Waals surface area contributed by atoms with Gasteiger partial charge in [-0.15, -0.1) is 0 Å². The van der Waals surface area contributed by atoms with Crippen molar-refractivity contribution in [1.82, 2.24) is 20.2 Å². The number of rotatable bonds is 7.